The number of aliphatic hydroxyl groups excluding tert-OH is 8. The topological polar surface area (TPSA) is 254 Å². The fraction of sp³-hybridized carbons (Fsp3) is 1.00. The third-order valence-corrected chi connectivity index (χ3v) is 21.3. The SMILES string of the molecule is C[Si](C)(CCCOCC(O)COCC(O)COCC(O)CO)O[Si](C)(C)O[Si](C)(C)O[Si](C)(C)OCCOCC(O)COCC(O)COCC(O)CO. The molecule has 6 atom stereocenters. The Kier molecular flexibility index (Phi) is 28.6. The van der Waals surface area contributed by atoms with E-state index in [1.165, 1.54) is 0 Å². The fourth-order valence-electron chi connectivity index (χ4n) is 5.01. The molecule has 18 nitrogen and oxygen atoms in total. The van der Waals surface area contributed by atoms with Gasteiger partial charge in [0.2, 0.25) is 0 Å². The molecule has 0 radical (unpaired) electrons. The van der Waals surface area contributed by atoms with Crippen LogP contribution in [0.1, 0.15) is 6.42 Å². The molecular weight excluding hydrogens is 773 g/mol. The van der Waals surface area contributed by atoms with Gasteiger partial charge in [0.25, 0.3) is 0 Å². The molecule has 0 aromatic carbocycles. The van der Waals surface area contributed by atoms with E-state index >= 15 is 0 Å². The molecule has 0 rings (SSSR count). The predicted octanol–water partition coefficient (Wildman–Crippen LogP) is -0.997. The van der Waals surface area contributed by atoms with Crippen LogP contribution in [0.2, 0.25) is 58.4 Å². The van der Waals surface area contributed by atoms with E-state index in [1.54, 1.807) is 0 Å². The molecule has 0 aliphatic carbocycles. The number of ether oxygens (including phenoxy) is 6. The first-order valence-corrected chi connectivity index (χ1v) is 29.7. The molecule has 8 N–H and O–H groups in total. The van der Waals surface area contributed by atoms with Crippen molar-refractivity contribution >= 4 is 34.0 Å². The van der Waals surface area contributed by atoms with Crippen LogP contribution in [0.25, 0.3) is 0 Å². The molecule has 0 aromatic heterocycles. The summed E-state index contributed by atoms with van der Waals surface area (Å²) >= 11 is 0. The summed E-state index contributed by atoms with van der Waals surface area (Å²) in [6.45, 7) is 15.9. The second kappa shape index (κ2) is 28.5. The highest BCUT2D eigenvalue weighted by Gasteiger charge is 2.44. The first-order chi connectivity index (χ1) is 24.6. The lowest BCUT2D eigenvalue weighted by molar-refractivity contribution is -0.0686. The van der Waals surface area contributed by atoms with Crippen molar-refractivity contribution in [3.8, 4) is 0 Å². The molecular formula is C31H72O18Si4. The molecule has 0 spiro atoms. The largest absolute Gasteiger partial charge is 0.436 e. The highest BCUT2D eigenvalue weighted by Crippen LogP contribution is 2.26. The third kappa shape index (κ3) is 31.9. The van der Waals surface area contributed by atoms with Gasteiger partial charge in [-0.2, -0.15) is 0 Å². The van der Waals surface area contributed by atoms with Crippen molar-refractivity contribution in [3.05, 3.63) is 0 Å². The molecule has 6 unspecified atom stereocenters. The van der Waals surface area contributed by atoms with Gasteiger partial charge in [-0.15, -0.1) is 0 Å². The van der Waals surface area contributed by atoms with Crippen LogP contribution in [0, 0.1) is 0 Å². The van der Waals surface area contributed by atoms with Gasteiger partial charge < -0.3 is 86.0 Å². The summed E-state index contributed by atoms with van der Waals surface area (Å²) < 4.78 is 57.6. The molecule has 0 fully saturated rings. The number of hydrogen-bond donors (Lipinski definition) is 8. The zero-order chi connectivity index (χ0) is 40.6. The first kappa shape index (κ1) is 53.1. The summed E-state index contributed by atoms with van der Waals surface area (Å²) in [6, 6.07) is 0.832. The van der Waals surface area contributed by atoms with Crippen LogP contribution in [-0.4, -0.2) is 211 Å². The van der Waals surface area contributed by atoms with Gasteiger partial charge >= 0.3 is 25.7 Å². The quantitative estimate of drug-likeness (QED) is 0.0278. The van der Waals surface area contributed by atoms with Crippen molar-refractivity contribution in [2.75, 3.05) is 99.1 Å². The van der Waals surface area contributed by atoms with E-state index < -0.39 is 83.8 Å². The van der Waals surface area contributed by atoms with Crippen molar-refractivity contribution < 1.29 is 86.0 Å². The van der Waals surface area contributed by atoms with E-state index in [2.05, 4.69) is 13.1 Å². The van der Waals surface area contributed by atoms with E-state index in [1.807, 2.05) is 39.3 Å². The van der Waals surface area contributed by atoms with Crippen molar-refractivity contribution in [2.45, 2.75) is 101 Å². The molecule has 53 heavy (non-hydrogen) atoms. The van der Waals surface area contributed by atoms with Gasteiger partial charge in [0.05, 0.1) is 92.5 Å². The molecule has 0 aliphatic heterocycles. The number of aliphatic hydroxyl groups is 8. The fourth-order valence-corrected chi connectivity index (χ4v) is 23.1. The summed E-state index contributed by atoms with van der Waals surface area (Å²) in [5.41, 5.74) is 0. The van der Waals surface area contributed by atoms with Crippen LogP contribution in [0.5, 0.6) is 0 Å². The third-order valence-electron chi connectivity index (χ3n) is 6.77. The molecule has 0 aromatic rings. The molecule has 0 aliphatic rings. The van der Waals surface area contributed by atoms with Gasteiger partial charge in [0.1, 0.15) is 36.6 Å². The molecule has 0 saturated carbocycles. The minimum absolute atomic E-state index is 0.00909. The lowest BCUT2D eigenvalue weighted by Gasteiger charge is -2.40. The standard InChI is InChI=1S/C31H72O18Si4/c1-50(2,13-9-10-40-18-28(36)20-44-24-30(38)22-42-16-26(34)14-32)47-52(5,6)49-53(7,8)48-51(3,4)46-12-11-41-19-29(37)21-45-25-31(39)23-43-17-27(35)15-33/h26-39H,9-25H2,1-8H3. The molecule has 22 heteroatoms. The summed E-state index contributed by atoms with van der Waals surface area (Å²) in [6.07, 6.45) is -4.85. The molecule has 320 valence electrons. The predicted molar refractivity (Wildman–Crippen MR) is 204 cm³/mol. The van der Waals surface area contributed by atoms with Gasteiger partial charge in [-0.05, 0) is 64.8 Å². The van der Waals surface area contributed by atoms with Gasteiger partial charge in [0.15, 0.2) is 8.32 Å². The van der Waals surface area contributed by atoms with Crippen molar-refractivity contribution in [2.24, 2.45) is 0 Å². The van der Waals surface area contributed by atoms with Crippen LogP contribution in [0.3, 0.4) is 0 Å². The summed E-state index contributed by atoms with van der Waals surface area (Å²) in [5, 5.41) is 75.8. The lowest BCUT2D eigenvalue weighted by Crippen LogP contribution is -2.57. The van der Waals surface area contributed by atoms with Gasteiger partial charge in [-0.25, -0.2) is 0 Å². The smallest absolute Gasteiger partial charge is 0.323 e. The zero-order valence-corrected chi connectivity index (χ0v) is 37.1. The van der Waals surface area contributed by atoms with E-state index in [-0.39, 0.29) is 79.3 Å². The van der Waals surface area contributed by atoms with E-state index in [4.69, 9.17) is 55.4 Å². The maximum Gasteiger partial charge on any atom is 0.323 e. The molecule has 0 amide bonds. The van der Waals surface area contributed by atoms with Crippen molar-refractivity contribution in [1.82, 2.24) is 0 Å². The maximum absolute atomic E-state index is 10.1. The van der Waals surface area contributed by atoms with Crippen molar-refractivity contribution in [1.29, 1.82) is 0 Å². The van der Waals surface area contributed by atoms with Gasteiger partial charge in [-0.3, -0.25) is 0 Å². The Hall–Kier alpha value is 0.148. The summed E-state index contributed by atoms with van der Waals surface area (Å²) in [5.74, 6) is 0. The lowest BCUT2D eigenvalue weighted by atomic mass is 10.4. The number of hydrogen-bond acceptors (Lipinski definition) is 18. The summed E-state index contributed by atoms with van der Waals surface area (Å²) in [7, 11) is -9.95. The van der Waals surface area contributed by atoms with Crippen LogP contribution < -0.4 is 0 Å². The Morgan fingerprint density at radius 3 is 1.09 bits per heavy atom. The Morgan fingerprint density at radius 1 is 0.377 bits per heavy atom. The summed E-state index contributed by atoms with van der Waals surface area (Å²) in [4.78, 5) is 0. The average molecular weight is 845 g/mol. The zero-order valence-electron chi connectivity index (χ0n) is 33.1. The minimum Gasteiger partial charge on any atom is -0.436 e. The second-order valence-corrected chi connectivity index (χ2v) is 30.0. The van der Waals surface area contributed by atoms with Crippen LogP contribution in [0.4, 0.5) is 0 Å². The van der Waals surface area contributed by atoms with Crippen LogP contribution in [0.15, 0.2) is 0 Å². The normalized spacial score (nSPS) is 16.8. The molecule has 0 saturated heterocycles. The van der Waals surface area contributed by atoms with Crippen molar-refractivity contribution in [3.63, 3.8) is 0 Å². The van der Waals surface area contributed by atoms with E-state index in [0.717, 1.165) is 12.5 Å². The Balaban J connectivity index is 4.28. The maximum atomic E-state index is 10.1. The van der Waals surface area contributed by atoms with E-state index in [9.17, 15) is 30.6 Å². The van der Waals surface area contributed by atoms with Crippen LogP contribution in [-0.2, 0) is 45.2 Å². The monoisotopic (exact) mass is 844 g/mol. The highest BCUT2D eigenvalue weighted by molar-refractivity contribution is 6.88. The first-order valence-electron chi connectivity index (χ1n) is 18.1. The average Bonchev–Trinajstić information content (AvgIpc) is 3.02. The Morgan fingerprint density at radius 2 is 0.698 bits per heavy atom. The highest BCUT2D eigenvalue weighted by atomic mass is 28.5. The molecule has 0 bridgehead atoms. The Labute approximate surface area is 320 Å². The number of rotatable bonds is 36. The minimum atomic E-state index is -2.65. The molecule has 0 heterocycles. The Bertz CT molecular complexity index is 826. The van der Waals surface area contributed by atoms with Gasteiger partial charge in [0, 0.05) is 6.61 Å². The van der Waals surface area contributed by atoms with E-state index in [0.29, 0.717) is 6.61 Å². The van der Waals surface area contributed by atoms with Crippen LogP contribution >= 0.6 is 0 Å². The van der Waals surface area contributed by atoms with Gasteiger partial charge in [-0.1, -0.05) is 0 Å². The second-order valence-electron chi connectivity index (χ2n) is 14.8.